The zero-order valence-electron chi connectivity index (χ0n) is 16.3. The second-order valence-electron chi connectivity index (χ2n) is 7.71. The zero-order chi connectivity index (χ0) is 17.2. The molecular formula is C21H46N2. The van der Waals surface area contributed by atoms with Gasteiger partial charge in [0.05, 0.1) is 0 Å². The topological polar surface area (TPSA) is 52.0 Å². The van der Waals surface area contributed by atoms with E-state index in [0.29, 0.717) is 6.04 Å². The molecule has 0 spiro atoms. The van der Waals surface area contributed by atoms with E-state index >= 15 is 0 Å². The lowest BCUT2D eigenvalue weighted by atomic mass is 10.0. The highest BCUT2D eigenvalue weighted by molar-refractivity contribution is 4.67. The molecule has 0 aromatic heterocycles. The van der Waals surface area contributed by atoms with Gasteiger partial charge in [-0.15, -0.1) is 0 Å². The molecule has 0 aromatic carbocycles. The maximum Gasteiger partial charge on any atom is 0.00534 e. The van der Waals surface area contributed by atoms with Crippen LogP contribution in [0.1, 0.15) is 123 Å². The molecule has 140 valence electrons. The third-order valence-electron chi connectivity index (χ3n) is 4.85. The van der Waals surface area contributed by atoms with E-state index in [-0.39, 0.29) is 6.04 Å². The molecule has 2 nitrogen and oxygen atoms in total. The molecule has 0 aliphatic carbocycles. The Morgan fingerprint density at radius 3 is 1.26 bits per heavy atom. The van der Waals surface area contributed by atoms with E-state index < -0.39 is 0 Å². The van der Waals surface area contributed by atoms with Gasteiger partial charge in [-0.25, -0.2) is 0 Å². The Morgan fingerprint density at radius 2 is 0.913 bits per heavy atom. The molecule has 0 saturated carbocycles. The fourth-order valence-electron chi connectivity index (χ4n) is 3.37. The predicted octanol–water partition coefficient (Wildman–Crippen LogP) is 6.31. The Morgan fingerprint density at radius 1 is 0.565 bits per heavy atom. The van der Waals surface area contributed by atoms with E-state index in [1.165, 1.54) is 96.3 Å². The summed E-state index contributed by atoms with van der Waals surface area (Å²) in [7, 11) is 0. The van der Waals surface area contributed by atoms with Crippen LogP contribution in [0.2, 0.25) is 0 Å². The van der Waals surface area contributed by atoms with E-state index in [0.717, 1.165) is 12.8 Å². The normalized spacial score (nSPS) is 14.1. The van der Waals surface area contributed by atoms with Crippen LogP contribution in [0.3, 0.4) is 0 Å². The van der Waals surface area contributed by atoms with Crippen LogP contribution in [0, 0.1) is 0 Å². The largest absolute Gasteiger partial charge is 0.328 e. The van der Waals surface area contributed by atoms with Gasteiger partial charge in [-0.05, 0) is 19.8 Å². The molecule has 0 aliphatic rings. The van der Waals surface area contributed by atoms with Gasteiger partial charge in [0.2, 0.25) is 0 Å². The first kappa shape index (κ1) is 22.9. The molecule has 0 amide bonds. The Bertz CT molecular complexity index is 216. The van der Waals surface area contributed by atoms with E-state index in [1.807, 2.05) is 6.92 Å². The van der Waals surface area contributed by atoms with Crippen molar-refractivity contribution < 1.29 is 0 Å². The Labute approximate surface area is 147 Å². The highest BCUT2D eigenvalue weighted by Crippen LogP contribution is 2.14. The maximum absolute atomic E-state index is 6.05. The van der Waals surface area contributed by atoms with Gasteiger partial charge in [0.25, 0.3) is 0 Å². The Balaban J connectivity index is 3.05. The minimum absolute atomic E-state index is 0.251. The smallest absolute Gasteiger partial charge is 0.00534 e. The fraction of sp³-hybridized carbons (Fsp3) is 1.00. The van der Waals surface area contributed by atoms with Crippen molar-refractivity contribution >= 4 is 0 Å². The van der Waals surface area contributed by atoms with Gasteiger partial charge in [0.1, 0.15) is 0 Å². The number of unbranched alkanes of at least 4 members (excludes halogenated alkanes) is 14. The van der Waals surface area contributed by atoms with Crippen molar-refractivity contribution in [1.82, 2.24) is 0 Å². The lowest BCUT2D eigenvalue weighted by molar-refractivity contribution is 0.479. The summed E-state index contributed by atoms with van der Waals surface area (Å²) in [4.78, 5) is 0. The van der Waals surface area contributed by atoms with Crippen molar-refractivity contribution in [3.8, 4) is 0 Å². The Hall–Kier alpha value is -0.0800. The van der Waals surface area contributed by atoms with E-state index in [2.05, 4.69) is 6.92 Å². The lowest BCUT2D eigenvalue weighted by Crippen LogP contribution is -2.29. The summed E-state index contributed by atoms with van der Waals surface area (Å²) in [5, 5.41) is 0. The van der Waals surface area contributed by atoms with Crippen molar-refractivity contribution in [3.63, 3.8) is 0 Å². The van der Waals surface area contributed by atoms with Gasteiger partial charge in [-0.3, -0.25) is 0 Å². The van der Waals surface area contributed by atoms with Gasteiger partial charge in [0, 0.05) is 12.1 Å². The predicted molar refractivity (Wildman–Crippen MR) is 106 cm³/mol. The van der Waals surface area contributed by atoms with Crippen molar-refractivity contribution in [3.05, 3.63) is 0 Å². The number of hydrogen-bond acceptors (Lipinski definition) is 2. The highest BCUT2D eigenvalue weighted by Gasteiger charge is 2.04. The number of nitrogens with two attached hydrogens (primary N) is 2. The van der Waals surface area contributed by atoms with Crippen LogP contribution in [-0.2, 0) is 0 Å². The molecule has 0 aromatic rings. The minimum Gasteiger partial charge on any atom is -0.328 e. The first-order valence-corrected chi connectivity index (χ1v) is 10.7. The molecule has 0 radical (unpaired) electrons. The van der Waals surface area contributed by atoms with Crippen molar-refractivity contribution in [1.29, 1.82) is 0 Å². The van der Waals surface area contributed by atoms with Crippen molar-refractivity contribution in [2.75, 3.05) is 0 Å². The third-order valence-corrected chi connectivity index (χ3v) is 4.85. The van der Waals surface area contributed by atoms with Crippen LogP contribution in [-0.4, -0.2) is 12.1 Å². The molecule has 0 rings (SSSR count). The fourth-order valence-corrected chi connectivity index (χ4v) is 3.37. The molecule has 0 bridgehead atoms. The van der Waals surface area contributed by atoms with Crippen LogP contribution < -0.4 is 11.5 Å². The summed E-state index contributed by atoms with van der Waals surface area (Å²) in [6, 6.07) is 0.568. The lowest BCUT2D eigenvalue weighted by Gasteiger charge is -2.13. The molecule has 0 fully saturated rings. The van der Waals surface area contributed by atoms with E-state index in [4.69, 9.17) is 11.5 Å². The van der Waals surface area contributed by atoms with Crippen LogP contribution in [0.5, 0.6) is 0 Å². The average molecular weight is 327 g/mol. The van der Waals surface area contributed by atoms with E-state index in [9.17, 15) is 0 Å². The van der Waals surface area contributed by atoms with Crippen LogP contribution in [0.25, 0.3) is 0 Å². The first-order chi connectivity index (χ1) is 11.2. The van der Waals surface area contributed by atoms with Gasteiger partial charge in [-0.1, -0.05) is 103 Å². The molecule has 2 unspecified atom stereocenters. The molecule has 2 atom stereocenters. The summed E-state index contributed by atoms with van der Waals surface area (Å²) in [6.45, 7) is 4.34. The van der Waals surface area contributed by atoms with Gasteiger partial charge < -0.3 is 11.5 Å². The second kappa shape index (κ2) is 18.3. The van der Waals surface area contributed by atoms with Crippen LogP contribution >= 0.6 is 0 Å². The van der Waals surface area contributed by atoms with Crippen LogP contribution in [0.15, 0.2) is 0 Å². The molecule has 0 saturated heterocycles. The zero-order valence-corrected chi connectivity index (χ0v) is 16.3. The Kier molecular flexibility index (Phi) is 18.2. The van der Waals surface area contributed by atoms with E-state index in [1.54, 1.807) is 0 Å². The summed E-state index contributed by atoms with van der Waals surface area (Å²) < 4.78 is 0. The SMILES string of the molecule is CCCCCCCCCCCCCCCCCC(N)CC(C)N. The van der Waals surface area contributed by atoms with Crippen molar-refractivity contribution in [2.24, 2.45) is 11.5 Å². The first-order valence-electron chi connectivity index (χ1n) is 10.7. The van der Waals surface area contributed by atoms with Gasteiger partial charge >= 0.3 is 0 Å². The monoisotopic (exact) mass is 326 g/mol. The summed E-state index contributed by atoms with van der Waals surface area (Å²) >= 11 is 0. The van der Waals surface area contributed by atoms with Gasteiger partial charge in [0.15, 0.2) is 0 Å². The molecule has 0 aliphatic heterocycles. The maximum atomic E-state index is 6.05. The highest BCUT2D eigenvalue weighted by atomic mass is 14.7. The minimum atomic E-state index is 0.251. The number of rotatable bonds is 18. The summed E-state index contributed by atoms with van der Waals surface area (Å²) in [5.41, 5.74) is 11.8. The van der Waals surface area contributed by atoms with Gasteiger partial charge in [-0.2, -0.15) is 0 Å². The summed E-state index contributed by atoms with van der Waals surface area (Å²) in [5.74, 6) is 0. The average Bonchev–Trinajstić information content (AvgIpc) is 2.50. The molecule has 2 heteroatoms. The molecule has 4 N–H and O–H groups in total. The second-order valence-corrected chi connectivity index (χ2v) is 7.71. The number of hydrogen-bond donors (Lipinski definition) is 2. The molecule has 0 heterocycles. The third kappa shape index (κ3) is 19.9. The molecule has 23 heavy (non-hydrogen) atoms. The van der Waals surface area contributed by atoms with Crippen LogP contribution in [0.4, 0.5) is 0 Å². The quantitative estimate of drug-likeness (QED) is 0.290. The molecular weight excluding hydrogens is 280 g/mol. The standard InChI is InChI=1S/C21H46N2/c1-3-4-5-6-7-8-9-10-11-12-13-14-15-16-17-18-21(23)19-20(2)22/h20-21H,3-19,22-23H2,1-2H3. The van der Waals surface area contributed by atoms with Crippen molar-refractivity contribution in [2.45, 2.75) is 135 Å². The summed E-state index contributed by atoms with van der Waals surface area (Å²) in [6.07, 6.45) is 23.4.